The van der Waals surface area contributed by atoms with Crippen LogP contribution in [-0.2, 0) is 47.0 Å². The summed E-state index contributed by atoms with van der Waals surface area (Å²) in [5.41, 5.74) is -0.667. The zero-order valence-corrected chi connectivity index (χ0v) is 39.3. The molecule has 1 unspecified atom stereocenters. The lowest BCUT2D eigenvalue weighted by molar-refractivity contribution is -0.255. The number of esters is 3. The summed E-state index contributed by atoms with van der Waals surface area (Å²) in [7, 11) is -3.92. The minimum Gasteiger partial charge on any atom is -0.465 e. The first kappa shape index (κ1) is 46.8. The minimum absolute atomic E-state index is 0.0210. The van der Waals surface area contributed by atoms with Crippen LogP contribution in [0.15, 0.2) is 35.9 Å². The van der Waals surface area contributed by atoms with Crippen molar-refractivity contribution in [3.63, 3.8) is 0 Å². The monoisotopic (exact) mass is 873 g/mol. The first-order valence-corrected chi connectivity index (χ1v) is 24.2. The van der Waals surface area contributed by atoms with Crippen molar-refractivity contribution in [1.82, 2.24) is 5.32 Å². The smallest absolute Gasteiger partial charge is 0.357 e. The van der Waals surface area contributed by atoms with Crippen LogP contribution in [-0.4, -0.2) is 55.8 Å². The van der Waals surface area contributed by atoms with Gasteiger partial charge in [0, 0.05) is 36.8 Å². The van der Waals surface area contributed by atoms with Gasteiger partial charge in [-0.2, -0.15) is 0 Å². The second-order valence-electron chi connectivity index (χ2n) is 19.7. The molecule has 5 aliphatic rings. The van der Waals surface area contributed by atoms with Crippen molar-refractivity contribution in [2.24, 2.45) is 56.7 Å². The summed E-state index contributed by atoms with van der Waals surface area (Å²) < 4.78 is 44.3. The van der Waals surface area contributed by atoms with E-state index in [0.29, 0.717) is 35.8 Å². The topological polar surface area (TPSA) is 144 Å². The lowest BCUT2D eigenvalue weighted by Gasteiger charge is -2.72. The van der Waals surface area contributed by atoms with E-state index in [0.717, 1.165) is 32.1 Å². The molecule has 0 bridgehead atoms. The molecule has 0 radical (unpaired) electrons. The van der Waals surface area contributed by atoms with E-state index in [1.165, 1.54) is 26.3 Å². The fraction of sp³-hybridized carbons (Fsp3) is 0.745. The van der Waals surface area contributed by atoms with Crippen LogP contribution in [0.1, 0.15) is 139 Å². The molecule has 1 N–H and O–H groups in total. The van der Waals surface area contributed by atoms with Gasteiger partial charge in [0.05, 0.1) is 18.6 Å². The van der Waals surface area contributed by atoms with Gasteiger partial charge in [0.1, 0.15) is 18.8 Å². The predicted octanol–water partition coefficient (Wildman–Crippen LogP) is 10.4. The van der Waals surface area contributed by atoms with Crippen LogP contribution in [0.2, 0.25) is 5.02 Å². The molecule has 4 saturated carbocycles. The molecule has 4 fully saturated rings. The summed E-state index contributed by atoms with van der Waals surface area (Å²) in [4.78, 5) is 53.1. The SMILES string of the molecule is CCOP(=O)(OCC)C(NC(=O)[C@]12CC[C@@H](C)[C@H](C)[C@H]1C1=CC[C@@H]3[C@@]4(C)C[C@@H](OC(C)=O)[C@H](OC(C)=O)[C@@](C)(COC(C)=O)[C@@H]4CC[C@@]3(C)[C@]1(C)CC2)c1ccccc1Cl. The third-order valence-corrected chi connectivity index (χ3v) is 19.4. The van der Waals surface area contributed by atoms with Crippen molar-refractivity contribution in [3.8, 4) is 0 Å². The second-order valence-corrected chi connectivity index (χ2v) is 22.3. The number of halogens is 1. The molecule has 60 heavy (non-hydrogen) atoms. The first-order chi connectivity index (χ1) is 28.1. The van der Waals surface area contributed by atoms with E-state index in [4.69, 9.17) is 34.9 Å². The summed E-state index contributed by atoms with van der Waals surface area (Å²) in [5.74, 6) is -1.99. The van der Waals surface area contributed by atoms with Crippen molar-refractivity contribution < 1.29 is 47.0 Å². The number of benzene rings is 1. The molecule has 13 atom stereocenters. The average molecular weight is 874 g/mol. The van der Waals surface area contributed by atoms with Crippen LogP contribution >= 0.6 is 19.2 Å². The Labute approximate surface area is 362 Å². The molecule has 1 aromatic carbocycles. The van der Waals surface area contributed by atoms with Gasteiger partial charge < -0.3 is 28.6 Å². The number of nitrogens with one attached hydrogen (secondary N) is 1. The molecule has 0 aliphatic heterocycles. The number of rotatable bonds is 12. The lowest BCUT2D eigenvalue weighted by atomic mass is 9.33. The lowest BCUT2D eigenvalue weighted by Crippen LogP contribution is -2.69. The maximum Gasteiger partial charge on any atom is 0.357 e. The number of hydrogen-bond donors (Lipinski definition) is 1. The predicted molar refractivity (Wildman–Crippen MR) is 230 cm³/mol. The van der Waals surface area contributed by atoms with Gasteiger partial charge in [-0.25, -0.2) is 0 Å². The highest BCUT2D eigenvalue weighted by Crippen LogP contribution is 2.76. The van der Waals surface area contributed by atoms with Crippen LogP contribution in [0.25, 0.3) is 0 Å². The largest absolute Gasteiger partial charge is 0.465 e. The van der Waals surface area contributed by atoms with Gasteiger partial charge in [0.2, 0.25) is 5.91 Å². The van der Waals surface area contributed by atoms with Crippen LogP contribution in [0.5, 0.6) is 0 Å². The normalized spacial score (nSPS) is 39.0. The van der Waals surface area contributed by atoms with Gasteiger partial charge in [-0.3, -0.25) is 23.7 Å². The maximum absolute atomic E-state index is 15.4. The summed E-state index contributed by atoms with van der Waals surface area (Å²) in [6.07, 6.45) is 6.85. The third kappa shape index (κ3) is 7.61. The molecule has 0 saturated heterocycles. The van der Waals surface area contributed by atoms with Crippen LogP contribution in [0.3, 0.4) is 0 Å². The van der Waals surface area contributed by atoms with Gasteiger partial charge in [-0.1, -0.05) is 83.0 Å². The average Bonchev–Trinajstić information content (AvgIpc) is 3.16. The first-order valence-electron chi connectivity index (χ1n) is 22.2. The number of carbonyl (C=O) groups is 4. The van der Waals surface area contributed by atoms with Gasteiger partial charge in [-0.05, 0) is 117 Å². The number of fused-ring (bicyclic) bond motifs is 7. The number of ether oxygens (including phenoxy) is 3. The molecular weight excluding hydrogens is 805 g/mol. The quantitative estimate of drug-likeness (QED) is 0.0933. The zero-order valence-electron chi connectivity index (χ0n) is 37.7. The highest BCUT2D eigenvalue weighted by atomic mass is 35.5. The standard InChI is InChI=1S/C47H69ClNO10P/c1-12-56-60(54,57-13-2)41(33-16-14-15-17-35(33)48)49-42(53)47-23-20-28(3)29(4)39(47)34-18-19-38-43(8)26-36(58-31(6)51)40(59-32(7)52)44(9,27-55-30(5)50)37(43)21-22-46(38,11)45(34,10)24-25-47/h14-18,28-29,36-41H,12-13,19-27H2,1-11H3,(H,49,53)/t28-,29+,36-,37-,38-,39+,40+,41?,43+,44+,45-,46-,47+/m1/s1. The number of amides is 1. The van der Waals surface area contributed by atoms with Crippen molar-refractivity contribution in [2.45, 2.75) is 146 Å². The fourth-order valence-electron chi connectivity index (χ4n) is 13.8. The Kier molecular flexibility index (Phi) is 13.3. The zero-order chi connectivity index (χ0) is 44.2. The molecule has 5 aliphatic carbocycles. The van der Waals surface area contributed by atoms with E-state index >= 15 is 4.79 Å². The van der Waals surface area contributed by atoms with E-state index in [1.807, 2.05) is 13.0 Å². The van der Waals surface area contributed by atoms with E-state index in [9.17, 15) is 18.9 Å². The van der Waals surface area contributed by atoms with Gasteiger partial charge >= 0.3 is 25.5 Å². The number of allylic oxidation sites excluding steroid dienone is 2. The summed E-state index contributed by atoms with van der Waals surface area (Å²) in [6.45, 7) is 21.7. The van der Waals surface area contributed by atoms with E-state index in [2.05, 4.69) is 46.0 Å². The molecule has 0 spiro atoms. The Morgan fingerprint density at radius 2 is 1.52 bits per heavy atom. The third-order valence-electron chi connectivity index (χ3n) is 16.7. The molecule has 0 heterocycles. The Bertz CT molecular complexity index is 1910. The van der Waals surface area contributed by atoms with Crippen LogP contribution in [0, 0.1) is 56.7 Å². The molecule has 1 aromatic rings. The summed E-state index contributed by atoms with van der Waals surface area (Å²) >= 11 is 6.77. The van der Waals surface area contributed by atoms with Crippen molar-refractivity contribution >= 4 is 43.0 Å². The Hall–Kier alpha value is -2.72. The Balaban J connectivity index is 1.44. The number of hydrogen-bond acceptors (Lipinski definition) is 10. The highest BCUT2D eigenvalue weighted by molar-refractivity contribution is 7.54. The van der Waals surface area contributed by atoms with E-state index < -0.39 is 59.7 Å². The minimum atomic E-state index is -3.92. The highest BCUT2D eigenvalue weighted by Gasteiger charge is 2.72. The van der Waals surface area contributed by atoms with Gasteiger partial charge in [0.25, 0.3) is 0 Å². The molecule has 6 rings (SSSR count). The van der Waals surface area contributed by atoms with Gasteiger partial charge in [-0.15, -0.1) is 0 Å². The van der Waals surface area contributed by atoms with Crippen LogP contribution in [0.4, 0.5) is 0 Å². The molecule has 11 nitrogen and oxygen atoms in total. The Morgan fingerprint density at radius 3 is 2.12 bits per heavy atom. The molecule has 334 valence electrons. The summed E-state index contributed by atoms with van der Waals surface area (Å²) in [6, 6.07) is 7.12. The van der Waals surface area contributed by atoms with Crippen molar-refractivity contribution in [2.75, 3.05) is 19.8 Å². The fourth-order valence-corrected chi connectivity index (χ4v) is 16.0. The summed E-state index contributed by atoms with van der Waals surface area (Å²) in [5, 5.41) is 3.66. The van der Waals surface area contributed by atoms with Gasteiger partial charge in [0.15, 0.2) is 5.78 Å². The molecule has 1 amide bonds. The molecule has 13 heteroatoms. The van der Waals surface area contributed by atoms with E-state index in [-0.39, 0.29) is 60.2 Å². The van der Waals surface area contributed by atoms with Crippen LogP contribution < -0.4 is 5.32 Å². The second kappa shape index (κ2) is 17.1. The molecule has 0 aromatic heterocycles. The maximum atomic E-state index is 15.4. The molecular formula is C47H69ClNO10P. The number of carbonyl (C=O) groups excluding carboxylic acids is 4. The Morgan fingerprint density at radius 1 is 0.867 bits per heavy atom. The van der Waals surface area contributed by atoms with E-state index in [1.54, 1.807) is 32.0 Å². The van der Waals surface area contributed by atoms with Crippen molar-refractivity contribution in [3.05, 3.63) is 46.5 Å². The van der Waals surface area contributed by atoms with Crippen molar-refractivity contribution in [1.29, 1.82) is 0 Å².